The number of nitrogens with zero attached hydrogens (tertiary/aromatic N) is 3. The molecule has 0 saturated carbocycles. The van der Waals surface area contributed by atoms with Crippen LogP contribution in [0.25, 0.3) is 22.5 Å². The van der Waals surface area contributed by atoms with E-state index in [-0.39, 0.29) is 10.7 Å². The van der Waals surface area contributed by atoms with Crippen LogP contribution >= 0.6 is 15.9 Å². The molecule has 3 aromatic rings. The van der Waals surface area contributed by atoms with Crippen LogP contribution in [-0.4, -0.2) is 29.0 Å². The molecule has 2 aromatic carbocycles. The van der Waals surface area contributed by atoms with Gasteiger partial charge in [-0.15, -0.1) is 10.2 Å². The van der Waals surface area contributed by atoms with Gasteiger partial charge < -0.3 is 5.32 Å². The number of tetrazole rings is 1. The highest BCUT2D eigenvalue weighted by Gasteiger charge is 2.26. The van der Waals surface area contributed by atoms with Gasteiger partial charge in [-0.25, -0.2) is 13.6 Å². The van der Waals surface area contributed by atoms with Crippen molar-refractivity contribution in [3.8, 4) is 22.5 Å². The molecule has 2 heterocycles. The summed E-state index contributed by atoms with van der Waals surface area (Å²) in [4.78, 5) is -0.0648. The van der Waals surface area contributed by atoms with E-state index in [9.17, 15) is 8.42 Å². The Kier molecular flexibility index (Phi) is 3.91. The molecule has 1 aliphatic heterocycles. The number of hydrogen-bond acceptors (Lipinski definition) is 6. The third kappa shape index (κ3) is 2.86. The lowest BCUT2D eigenvalue weighted by Crippen LogP contribution is -2.15. The fourth-order valence-corrected chi connectivity index (χ4v) is 4.86. The second-order valence-electron chi connectivity index (χ2n) is 5.67. The van der Waals surface area contributed by atoms with Gasteiger partial charge >= 0.3 is 0 Å². The van der Waals surface area contributed by atoms with Gasteiger partial charge in [0.25, 0.3) is 0 Å². The Morgan fingerprint density at radius 3 is 2.64 bits per heavy atom. The van der Waals surface area contributed by atoms with Crippen molar-refractivity contribution in [2.75, 3.05) is 0 Å². The summed E-state index contributed by atoms with van der Waals surface area (Å²) in [7, 11) is -4.01. The first-order valence-corrected chi connectivity index (χ1v) is 9.71. The van der Waals surface area contributed by atoms with Gasteiger partial charge in [0, 0.05) is 17.6 Å². The van der Waals surface area contributed by atoms with Gasteiger partial charge in [0.15, 0.2) is 0 Å². The van der Waals surface area contributed by atoms with Crippen LogP contribution in [0.4, 0.5) is 0 Å². The molecule has 4 N–H and O–H groups in total. The number of halogens is 1. The van der Waals surface area contributed by atoms with Crippen molar-refractivity contribution in [1.29, 1.82) is 0 Å². The Bertz CT molecular complexity index is 1070. The van der Waals surface area contributed by atoms with Crippen LogP contribution in [0, 0.1) is 0 Å². The van der Waals surface area contributed by atoms with Crippen molar-refractivity contribution < 1.29 is 8.42 Å². The number of nitrogens with two attached hydrogens (primary N) is 1. The van der Waals surface area contributed by atoms with E-state index in [2.05, 4.69) is 41.9 Å². The number of aromatic nitrogens is 4. The van der Waals surface area contributed by atoms with E-state index in [1.54, 1.807) is 6.07 Å². The summed E-state index contributed by atoms with van der Waals surface area (Å²) in [5, 5.41) is 22.6. The number of hydrogen-bond donors (Lipinski definition) is 3. The molecule has 0 spiro atoms. The lowest BCUT2D eigenvalue weighted by atomic mass is 9.96. The molecule has 0 amide bonds. The molecule has 1 aromatic heterocycles. The molecular formula is C15H13BrN6O2S. The molecule has 0 fully saturated rings. The van der Waals surface area contributed by atoms with Gasteiger partial charge in [-0.3, -0.25) is 0 Å². The van der Waals surface area contributed by atoms with Gasteiger partial charge in [-0.1, -0.05) is 18.2 Å². The SMILES string of the molecule is NS(=O)(=O)c1c(Br)ccc(-c2ccc3c(c2)CNC3)c1-c1nn[nH]n1. The highest BCUT2D eigenvalue weighted by molar-refractivity contribution is 9.10. The Morgan fingerprint density at radius 2 is 1.92 bits per heavy atom. The van der Waals surface area contributed by atoms with Gasteiger partial charge in [0.05, 0.1) is 5.56 Å². The topological polar surface area (TPSA) is 127 Å². The van der Waals surface area contributed by atoms with E-state index in [0.717, 1.165) is 18.7 Å². The molecule has 0 saturated heterocycles. The average molecular weight is 421 g/mol. The maximum atomic E-state index is 12.2. The lowest BCUT2D eigenvalue weighted by Gasteiger charge is -2.14. The number of fused-ring (bicyclic) bond motifs is 1. The van der Waals surface area contributed by atoms with Crippen LogP contribution in [0.15, 0.2) is 39.7 Å². The monoisotopic (exact) mass is 420 g/mol. The summed E-state index contributed by atoms with van der Waals surface area (Å²) < 4.78 is 24.7. The molecule has 0 aliphatic carbocycles. The molecule has 4 rings (SSSR count). The van der Waals surface area contributed by atoms with Crippen molar-refractivity contribution in [3.63, 3.8) is 0 Å². The van der Waals surface area contributed by atoms with E-state index in [4.69, 9.17) is 5.14 Å². The van der Waals surface area contributed by atoms with Crippen LogP contribution in [0.2, 0.25) is 0 Å². The summed E-state index contributed by atoms with van der Waals surface area (Å²) in [5.74, 6) is 0.166. The highest BCUT2D eigenvalue weighted by atomic mass is 79.9. The van der Waals surface area contributed by atoms with E-state index in [1.165, 1.54) is 11.1 Å². The highest BCUT2D eigenvalue weighted by Crippen LogP contribution is 2.39. The summed E-state index contributed by atoms with van der Waals surface area (Å²) in [6.45, 7) is 1.61. The number of H-pyrrole nitrogens is 1. The number of rotatable bonds is 3. The van der Waals surface area contributed by atoms with E-state index < -0.39 is 10.0 Å². The summed E-state index contributed by atoms with van der Waals surface area (Å²) in [6.07, 6.45) is 0. The third-order valence-electron chi connectivity index (χ3n) is 4.11. The molecule has 25 heavy (non-hydrogen) atoms. The smallest absolute Gasteiger partial charge is 0.239 e. The number of nitrogens with one attached hydrogen (secondary N) is 2. The molecule has 8 nitrogen and oxygen atoms in total. The predicted octanol–water partition coefficient (Wildman–Crippen LogP) is 1.55. The minimum atomic E-state index is -4.01. The van der Waals surface area contributed by atoms with E-state index in [0.29, 0.717) is 15.6 Å². The fourth-order valence-electron chi connectivity index (χ4n) is 3.03. The molecular weight excluding hydrogens is 408 g/mol. The quantitative estimate of drug-likeness (QED) is 0.589. The van der Waals surface area contributed by atoms with Crippen molar-refractivity contribution in [3.05, 3.63) is 45.9 Å². The molecule has 0 radical (unpaired) electrons. The van der Waals surface area contributed by atoms with Crippen LogP contribution in [0.5, 0.6) is 0 Å². The number of benzene rings is 2. The fraction of sp³-hybridized carbons (Fsp3) is 0.133. The molecule has 0 bridgehead atoms. The van der Waals surface area contributed by atoms with Crippen molar-refractivity contribution in [2.45, 2.75) is 18.0 Å². The van der Waals surface area contributed by atoms with Gasteiger partial charge in [-0.05, 0) is 55.5 Å². The van der Waals surface area contributed by atoms with Gasteiger partial charge in [-0.2, -0.15) is 5.21 Å². The van der Waals surface area contributed by atoms with Crippen LogP contribution in [-0.2, 0) is 23.1 Å². The van der Waals surface area contributed by atoms with E-state index in [1.807, 2.05) is 24.3 Å². The second kappa shape index (κ2) is 5.99. The van der Waals surface area contributed by atoms with Crippen LogP contribution in [0.1, 0.15) is 11.1 Å². The first kappa shape index (κ1) is 16.3. The maximum absolute atomic E-state index is 12.2. The largest absolute Gasteiger partial charge is 0.309 e. The van der Waals surface area contributed by atoms with Crippen molar-refractivity contribution in [1.82, 2.24) is 25.9 Å². The molecule has 128 valence electrons. The summed E-state index contributed by atoms with van der Waals surface area (Å²) in [6, 6.07) is 9.49. The maximum Gasteiger partial charge on any atom is 0.239 e. The minimum Gasteiger partial charge on any atom is -0.309 e. The zero-order valence-electron chi connectivity index (χ0n) is 12.8. The normalized spacial score (nSPS) is 13.8. The Balaban J connectivity index is 2.03. The van der Waals surface area contributed by atoms with Gasteiger partial charge in [0.1, 0.15) is 4.90 Å². The van der Waals surface area contributed by atoms with Crippen LogP contribution in [0.3, 0.4) is 0 Å². The summed E-state index contributed by atoms with van der Waals surface area (Å²) in [5.41, 5.74) is 4.25. The van der Waals surface area contributed by atoms with E-state index >= 15 is 0 Å². The zero-order chi connectivity index (χ0) is 17.6. The first-order valence-electron chi connectivity index (χ1n) is 7.37. The number of aromatic amines is 1. The second-order valence-corrected chi connectivity index (χ2v) is 8.02. The molecule has 0 atom stereocenters. The number of sulfonamides is 1. The lowest BCUT2D eigenvalue weighted by molar-refractivity contribution is 0.597. The zero-order valence-corrected chi connectivity index (χ0v) is 15.2. The Labute approximate surface area is 152 Å². The molecule has 1 aliphatic rings. The summed E-state index contributed by atoms with van der Waals surface area (Å²) >= 11 is 3.27. The molecule has 0 unspecified atom stereocenters. The average Bonchev–Trinajstić information content (AvgIpc) is 3.24. The number of primary sulfonamides is 1. The third-order valence-corrected chi connectivity index (χ3v) is 6.03. The van der Waals surface area contributed by atoms with Crippen molar-refractivity contribution in [2.24, 2.45) is 5.14 Å². The van der Waals surface area contributed by atoms with Gasteiger partial charge in [0.2, 0.25) is 15.8 Å². The first-order chi connectivity index (χ1) is 11.9. The predicted molar refractivity (Wildman–Crippen MR) is 94.7 cm³/mol. The minimum absolute atomic E-state index is 0.0648. The van der Waals surface area contributed by atoms with Crippen molar-refractivity contribution >= 4 is 26.0 Å². The van der Waals surface area contributed by atoms with Crippen LogP contribution < -0.4 is 10.5 Å². The molecule has 10 heteroatoms. The Morgan fingerprint density at radius 1 is 1.12 bits per heavy atom. The Hall–Kier alpha value is -2.14. The standard InChI is InChI=1S/C15H13BrN6O2S/c16-12-4-3-11(8-1-2-9-6-18-7-10(9)5-8)13(14(12)25(17,23)24)15-19-21-22-20-15/h1-5,18H,6-7H2,(H2,17,23,24)(H,19,20,21,22).